The summed E-state index contributed by atoms with van der Waals surface area (Å²) in [7, 11) is 0. The Morgan fingerprint density at radius 3 is 2.53 bits per heavy atom. The molecule has 2 N–H and O–H groups in total. The Bertz CT molecular complexity index is 405. The topological polar surface area (TPSA) is 86.4 Å². The molecule has 1 aliphatic rings. The largest absolute Gasteiger partial charge is 0.460 e. The van der Waals surface area contributed by atoms with Gasteiger partial charge in [-0.05, 0) is 13.8 Å². The van der Waals surface area contributed by atoms with Crippen LogP contribution in [-0.4, -0.2) is 47.4 Å². The number of nitrogens with zero attached hydrogens (tertiary/aromatic N) is 4. The fourth-order valence-electron chi connectivity index (χ4n) is 2.00. The summed E-state index contributed by atoms with van der Waals surface area (Å²) in [4.78, 5) is 14.5. The van der Waals surface area contributed by atoms with E-state index in [0.29, 0.717) is 25.2 Å². The molecule has 2 heterocycles. The molecule has 0 atom stereocenters. The van der Waals surface area contributed by atoms with E-state index in [1.54, 1.807) is 0 Å². The zero-order valence-corrected chi connectivity index (χ0v) is 11.5. The molecule has 0 radical (unpaired) electrons. The molecular weight excluding hydrogens is 246 g/mol. The molecule has 2 rings (SSSR count). The van der Waals surface area contributed by atoms with Crippen LogP contribution >= 0.6 is 0 Å². The summed E-state index contributed by atoms with van der Waals surface area (Å²) in [6.45, 7) is 7.15. The van der Waals surface area contributed by atoms with Crippen LogP contribution in [0.5, 0.6) is 6.01 Å². The second kappa shape index (κ2) is 6.51. The Morgan fingerprint density at radius 2 is 1.89 bits per heavy atom. The molecule has 0 aromatic carbocycles. The van der Waals surface area contributed by atoms with E-state index in [-0.39, 0.29) is 12.1 Å². The van der Waals surface area contributed by atoms with Gasteiger partial charge in [0.2, 0.25) is 11.9 Å². The van der Waals surface area contributed by atoms with Crippen molar-refractivity contribution in [3.63, 3.8) is 0 Å². The van der Waals surface area contributed by atoms with E-state index in [1.165, 1.54) is 0 Å². The fourth-order valence-corrected chi connectivity index (χ4v) is 2.00. The third kappa shape index (κ3) is 3.66. The first-order valence-corrected chi connectivity index (χ1v) is 6.73. The number of hydrogen-bond donors (Lipinski definition) is 1. The smallest absolute Gasteiger partial charge is 0.323 e. The van der Waals surface area contributed by atoms with Crippen molar-refractivity contribution in [3.8, 4) is 6.01 Å². The Labute approximate surface area is 113 Å². The van der Waals surface area contributed by atoms with Gasteiger partial charge in [0, 0.05) is 25.9 Å². The minimum Gasteiger partial charge on any atom is -0.460 e. The second-order valence-electron chi connectivity index (χ2n) is 4.38. The number of anilines is 2. The number of hydrogen-bond acceptors (Lipinski definition) is 7. The predicted octanol–water partition coefficient (Wildman–Crippen LogP) is 0.858. The van der Waals surface area contributed by atoms with Crippen molar-refractivity contribution in [2.24, 2.45) is 0 Å². The molecule has 0 unspecified atom stereocenters. The quantitative estimate of drug-likeness (QED) is 0.846. The molecule has 0 amide bonds. The maximum absolute atomic E-state index is 5.77. The standard InChI is InChI=1S/C12H21N5O2/c1-3-17(4-2)11-14-10(13)15-12(16-11)19-9-5-7-18-8-6-9/h9H,3-8H2,1-2H3,(H2,13,14,15,16). The lowest BCUT2D eigenvalue weighted by molar-refractivity contribution is 0.0217. The van der Waals surface area contributed by atoms with Crippen molar-refractivity contribution in [2.75, 3.05) is 36.9 Å². The maximum Gasteiger partial charge on any atom is 0.323 e. The van der Waals surface area contributed by atoms with Crippen LogP contribution in [0.1, 0.15) is 26.7 Å². The number of rotatable bonds is 5. The van der Waals surface area contributed by atoms with Gasteiger partial charge in [0.1, 0.15) is 6.10 Å². The van der Waals surface area contributed by atoms with Gasteiger partial charge in [-0.25, -0.2) is 0 Å². The molecule has 1 aromatic rings. The normalized spacial score (nSPS) is 16.3. The Balaban J connectivity index is 2.11. The number of nitrogen functional groups attached to an aromatic ring is 1. The highest BCUT2D eigenvalue weighted by molar-refractivity contribution is 5.35. The van der Waals surface area contributed by atoms with Crippen LogP contribution in [0, 0.1) is 0 Å². The molecule has 106 valence electrons. The Hall–Kier alpha value is -1.63. The average molecular weight is 267 g/mol. The van der Waals surface area contributed by atoms with E-state index in [4.69, 9.17) is 15.2 Å². The third-order valence-electron chi connectivity index (χ3n) is 3.11. The SMILES string of the molecule is CCN(CC)c1nc(N)nc(OC2CCOCC2)n1. The Morgan fingerprint density at radius 1 is 1.21 bits per heavy atom. The van der Waals surface area contributed by atoms with Crippen molar-refractivity contribution < 1.29 is 9.47 Å². The van der Waals surface area contributed by atoms with E-state index >= 15 is 0 Å². The molecule has 1 saturated heterocycles. The minimum absolute atomic E-state index is 0.0973. The lowest BCUT2D eigenvalue weighted by atomic mass is 10.2. The first-order chi connectivity index (χ1) is 9.22. The summed E-state index contributed by atoms with van der Waals surface area (Å²) in [6, 6.07) is 0.307. The molecule has 0 aliphatic carbocycles. The van der Waals surface area contributed by atoms with Crippen molar-refractivity contribution in [1.29, 1.82) is 0 Å². The van der Waals surface area contributed by atoms with Gasteiger partial charge >= 0.3 is 6.01 Å². The summed E-state index contributed by atoms with van der Waals surface area (Å²) in [6.07, 6.45) is 1.80. The fraction of sp³-hybridized carbons (Fsp3) is 0.750. The van der Waals surface area contributed by atoms with Crippen LogP contribution in [0.3, 0.4) is 0 Å². The molecule has 1 aliphatic heterocycles. The first-order valence-electron chi connectivity index (χ1n) is 6.73. The van der Waals surface area contributed by atoms with Crippen LogP contribution in [0.25, 0.3) is 0 Å². The zero-order valence-electron chi connectivity index (χ0n) is 11.5. The van der Waals surface area contributed by atoms with E-state index in [2.05, 4.69) is 15.0 Å². The molecule has 0 saturated carbocycles. The summed E-state index contributed by atoms with van der Waals surface area (Å²) in [5, 5.41) is 0. The summed E-state index contributed by atoms with van der Waals surface area (Å²) in [5.41, 5.74) is 5.72. The second-order valence-corrected chi connectivity index (χ2v) is 4.38. The molecule has 1 aromatic heterocycles. The van der Waals surface area contributed by atoms with Gasteiger partial charge in [-0.2, -0.15) is 15.0 Å². The molecular formula is C12H21N5O2. The molecule has 19 heavy (non-hydrogen) atoms. The van der Waals surface area contributed by atoms with E-state index in [9.17, 15) is 0 Å². The lowest BCUT2D eigenvalue weighted by Crippen LogP contribution is -2.28. The minimum atomic E-state index is 0.0973. The molecule has 0 bridgehead atoms. The molecule has 1 fully saturated rings. The van der Waals surface area contributed by atoms with Crippen LogP contribution in [0.4, 0.5) is 11.9 Å². The van der Waals surface area contributed by atoms with Gasteiger partial charge in [0.15, 0.2) is 0 Å². The van der Waals surface area contributed by atoms with Gasteiger partial charge < -0.3 is 20.1 Å². The van der Waals surface area contributed by atoms with Gasteiger partial charge in [-0.15, -0.1) is 0 Å². The highest BCUT2D eigenvalue weighted by atomic mass is 16.5. The van der Waals surface area contributed by atoms with Crippen molar-refractivity contribution in [3.05, 3.63) is 0 Å². The van der Waals surface area contributed by atoms with Crippen LogP contribution in [0.2, 0.25) is 0 Å². The van der Waals surface area contributed by atoms with Crippen LogP contribution in [-0.2, 0) is 4.74 Å². The number of nitrogens with two attached hydrogens (primary N) is 1. The van der Waals surface area contributed by atoms with Crippen molar-refractivity contribution in [2.45, 2.75) is 32.8 Å². The number of ether oxygens (including phenoxy) is 2. The van der Waals surface area contributed by atoms with Crippen molar-refractivity contribution >= 4 is 11.9 Å². The summed E-state index contributed by atoms with van der Waals surface area (Å²) >= 11 is 0. The molecule has 7 heteroatoms. The highest BCUT2D eigenvalue weighted by Crippen LogP contribution is 2.17. The van der Waals surface area contributed by atoms with Gasteiger partial charge in [0.25, 0.3) is 0 Å². The molecule has 0 spiro atoms. The van der Waals surface area contributed by atoms with Crippen LogP contribution in [0.15, 0.2) is 0 Å². The Kier molecular flexibility index (Phi) is 4.73. The number of aromatic nitrogens is 3. The predicted molar refractivity (Wildman–Crippen MR) is 72.3 cm³/mol. The monoisotopic (exact) mass is 267 g/mol. The van der Waals surface area contributed by atoms with Gasteiger partial charge in [0.05, 0.1) is 13.2 Å². The highest BCUT2D eigenvalue weighted by Gasteiger charge is 2.18. The third-order valence-corrected chi connectivity index (χ3v) is 3.11. The molecule has 7 nitrogen and oxygen atoms in total. The van der Waals surface area contributed by atoms with Gasteiger partial charge in [-0.3, -0.25) is 0 Å². The van der Waals surface area contributed by atoms with E-state index in [0.717, 1.165) is 25.9 Å². The first kappa shape index (κ1) is 13.8. The van der Waals surface area contributed by atoms with E-state index < -0.39 is 0 Å². The zero-order chi connectivity index (χ0) is 13.7. The maximum atomic E-state index is 5.77. The summed E-state index contributed by atoms with van der Waals surface area (Å²) in [5.74, 6) is 0.763. The lowest BCUT2D eigenvalue weighted by Gasteiger charge is -2.23. The summed E-state index contributed by atoms with van der Waals surface area (Å²) < 4.78 is 11.1. The average Bonchev–Trinajstić information content (AvgIpc) is 2.40. The van der Waals surface area contributed by atoms with Gasteiger partial charge in [-0.1, -0.05) is 0 Å². The van der Waals surface area contributed by atoms with Crippen LogP contribution < -0.4 is 15.4 Å². The van der Waals surface area contributed by atoms with Crippen molar-refractivity contribution in [1.82, 2.24) is 15.0 Å². The van der Waals surface area contributed by atoms with E-state index in [1.807, 2.05) is 18.7 Å².